The summed E-state index contributed by atoms with van der Waals surface area (Å²) in [6, 6.07) is 5.72. The molecule has 0 spiro atoms. The summed E-state index contributed by atoms with van der Waals surface area (Å²) in [6.45, 7) is 5.44. The minimum atomic E-state index is 0.0802. The van der Waals surface area contributed by atoms with Crippen LogP contribution in [0.4, 0.5) is 11.6 Å². The van der Waals surface area contributed by atoms with Crippen molar-refractivity contribution in [2.45, 2.75) is 45.6 Å². The molecule has 2 aromatic rings. The molecule has 0 bridgehead atoms. The molecule has 1 atom stereocenters. The van der Waals surface area contributed by atoms with Crippen LogP contribution >= 0.6 is 0 Å². The molecule has 27 heavy (non-hydrogen) atoms. The number of piperidine rings is 1. The third-order valence-corrected chi connectivity index (χ3v) is 4.87. The summed E-state index contributed by atoms with van der Waals surface area (Å²) in [7, 11) is 0. The van der Waals surface area contributed by atoms with Crippen LogP contribution in [-0.4, -0.2) is 35.5 Å². The number of anilines is 2. The molecule has 1 amide bonds. The normalized spacial score (nSPS) is 16.9. The summed E-state index contributed by atoms with van der Waals surface area (Å²) < 4.78 is 5.24. The summed E-state index contributed by atoms with van der Waals surface area (Å²) in [5.74, 6) is 3.21. The Kier molecular flexibility index (Phi) is 7.07. The quantitative estimate of drug-likeness (QED) is 0.704. The Balaban J connectivity index is 1.45. The fourth-order valence-electron chi connectivity index (χ4n) is 3.40. The summed E-state index contributed by atoms with van der Waals surface area (Å²) in [5.41, 5.74) is 0. The molecular formula is C20H29N5O2. The predicted molar refractivity (Wildman–Crippen MR) is 106 cm³/mol. The van der Waals surface area contributed by atoms with Crippen LogP contribution in [0.15, 0.2) is 35.2 Å². The molecule has 0 aromatic carbocycles. The van der Waals surface area contributed by atoms with E-state index in [1.165, 1.54) is 0 Å². The SMILES string of the molecule is CCCNc1cc(N2CCC[C@H](CCC(=O)NCc3ccco3)C2)ncn1. The fourth-order valence-corrected chi connectivity index (χ4v) is 3.40. The standard InChI is InChI=1S/C20H29N5O2/c1-2-9-21-18-12-19(24-15-23-18)25-10-3-5-16(14-25)7-8-20(26)22-13-17-6-4-11-27-17/h4,6,11-12,15-16H,2-3,5,7-10,13-14H2,1H3,(H,22,26)(H,21,23,24)/t16-/m1/s1. The largest absolute Gasteiger partial charge is 0.467 e. The van der Waals surface area contributed by atoms with Crippen molar-refractivity contribution in [1.82, 2.24) is 15.3 Å². The molecule has 7 nitrogen and oxygen atoms in total. The van der Waals surface area contributed by atoms with Crippen molar-refractivity contribution >= 4 is 17.5 Å². The second-order valence-electron chi connectivity index (χ2n) is 7.04. The lowest BCUT2D eigenvalue weighted by Gasteiger charge is -2.33. The minimum absolute atomic E-state index is 0.0802. The van der Waals surface area contributed by atoms with Gasteiger partial charge in [-0.2, -0.15) is 0 Å². The highest BCUT2D eigenvalue weighted by molar-refractivity contribution is 5.75. The Morgan fingerprint density at radius 2 is 2.33 bits per heavy atom. The Hall–Kier alpha value is -2.57. The van der Waals surface area contributed by atoms with Gasteiger partial charge in [-0.1, -0.05) is 6.92 Å². The zero-order chi connectivity index (χ0) is 18.9. The molecular weight excluding hydrogens is 342 g/mol. The van der Waals surface area contributed by atoms with Gasteiger partial charge in [0, 0.05) is 32.1 Å². The monoisotopic (exact) mass is 371 g/mol. The molecule has 0 aliphatic carbocycles. The molecule has 2 aromatic heterocycles. The third-order valence-electron chi connectivity index (χ3n) is 4.87. The number of aromatic nitrogens is 2. The Labute approximate surface area is 160 Å². The number of carbonyl (C=O) groups excluding carboxylic acids is 1. The van der Waals surface area contributed by atoms with Crippen molar-refractivity contribution < 1.29 is 9.21 Å². The number of nitrogens with one attached hydrogen (secondary N) is 2. The molecule has 146 valence electrons. The van der Waals surface area contributed by atoms with Crippen molar-refractivity contribution in [2.24, 2.45) is 5.92 Å². The number of furan rings is 1. The van der Waals surface area contributed by atoms with Gasteiger partial charge in [-0.05, 0) is 43.7 Å². The van der Waals surface area contributed by atoms with Crippen LogP contribution in [0.1, 0.15) is 44.8 Å². The van der Waals surface area contributed by atoms with Gasteiger partial charge in [0.05, 0.1) is 12.8 Å². The molecule has 0 unspecified atom stereocenters. The first-order chi connectivity index (χ1) is 13.2. The molecule has 1 saturated heterocycles. The van der Waals surface area contributed by atoms with E-state index in [9.17, 15) is 4.79 Å². The van der Waals surface area contributed by atoms with E-state index in [-0.39, 0.29) is 5.91 Å². The maximum absolute atomic E-state index is 12.1. The van der Waals surface area contributed by atoms with Crippen molar-refractivity contribution in [3.63, 3.8) is 0 Å². The highest BCUT2D eigenvalue weighted by atomic mass is 16.3. The summed E-state index contributed by atoms with van der Waals surface area (Å²) in [5, 5.41) is 6.23. The third kappa shape index (κ3) is 5.98. The van der Waals surface area contributed by atoms with Gasteiger partial charge in [0.1, 0.15) is 23.7 Å². The van der Waals surface area contributed by atoms with Crippen molar-refractivity contribution in [3.05, 3.63) is 36.5 Å². The van der Waals surface area contributed by atoms with E-state index in [2.05, 4.69) is 32.4 Å². The lowest BCUT2D eigenvalue weighted by molar-refractivity contribution is -0.121. The van der Waals surface area contributed by atoms with Gasteiger partial charge in [-0.25, -0.2) is 9.97 Å². The van der Waals surface area contributed by atoms with Crippen LogP contribution in [0.5, 0.6) is 0 Å². The van der Waals surface area contributed by atoms with Gasteiger partial charge in [0.25, 0.3) is 0 Å². The predicted octanol–water partition coefficient (Wildman–Crippen LogP) is 3.20. The number of hydrogen-bond donors (Lipinski definition) is 2. The van der Waals surface area contributed by atoms with Gasteiger partial charge in [0.15, 0.2) is 0 Å². The Bertz CT molecular complexity index is 704. The maximum Gasteiger partial charge on any atom is 0.220 e. The molecule has 1 aliphatic rings. The van der Waals surface area contributed by atoms with Crippen LogP contribution in [0.25, 0.3) is 0 Å². The molecule has 1 fully saturated rings. The highest BCUT2D eigenvalue weighted by Crippen LogP contribution is 2.25. The van der Waals surface area contributed by atoms with Gasteiger partial charge in [0.2, 0.25) is 5.91 Å². The molecule has 2 N–H and O–H groups in total. The summed E-state index contributed by atoms with van der Waals surface area (Å²) in [4.78, 5) is 23.1. The van der Waals surface area contributed by atoms with Crippen LogP contribution < -0.4 is 15.5 Å². The van der Waals surface area contributed by atoms with E-state index in [1.54, 1.807) is 12.6 Å². The Morgan fingerprint density at radius 3 is 3.15 bits per heavy atom. The van der Waals surface area contributed by atoms with Crippen LogP contribution in [0, 0.1) is 5.92 Å². The van der Waals surface area contributed by atoms with Gasteiger partial charge in [-0.3, -0.25) is 4.79 Å². The molecule has 0 saturated carbocycles. The Morgan fingerprint density at radius 1 is 1.41 bits per heavy atom. The lowest BCUT2D eigenvalue weighted by Crippen LogP contribution is -2.36. The topological polar surface area (TPSA) is 83.3 Å². The summed E-state index contributed by atoms with van der Waals surface area (Å²) >= 11 is 0. The molecule has 1 aliphatic heterocycles. The number of rotatable bonds is 9. The average Bonchev–Trinajstić information content (AvgIpc) is 3.23. The molecule has 3 heterocycles. The van der Waals surface area contributed by atoms with Crippen LogP contribution in [0.3, 0.4) is 0 Å². The van der Waals surface area contributed by atoms with Crippen molar-refractivity contribution in [1.29, 1.82) is 0 Å². The second-order valence-corrected chi connectivity index (χ2v) is 7.04. The second kappa shape index (κ2) is 9.94. The number of nitrogens with zero attached hydrogens (tertiary/aromatic N) is 3. The number of carbonyl (C=O) groups is 1. The van der Waals surface area contributed by atoms with Gasteiger partial charge < -0.3 is 20.0 Å². The maximum atomic E-state index is 12.1. The van der Waals surface area contributed by atoms with E-state index in [4.69, 9.17) is 4.42 Å². The molecule has 0 radical (unpaired) electrons. The first kappa shape index (κ1) is 19.2. The van der Waals surface area contributed by atoms with E-state index >= 15 is 0 Å². The minimum Gasteiger partial charge on any atom is -0.467 e. The van der Waals surface area contributed by atoms with E-state index in [1.807, 2.05) is 18.2 Å². The highest BCUT2D eigenvalue weighted by Gasteiger charge is 2.22. The number of hydrogen-bond acceptors (Lipinski definition) is 6. The molecule has 7 heteroatoms. The fraction of sp³-hybridized carbons (Fsp3) is 0.550. The average molecular weight is 371 g/mol. The van der Waals surface area contributed by atoms with Crippen LogP contribution in [0.2, 0.25) is 0 Å². The van der Waals surface area contributed by atoms with Crippen molar-refractivity contribution in [3.8, 4) is 0 Å². The smallest absolute Gasteiger partial charge is 0.220 e. The summed E-state index contributed by atoms with van der Waals surface area (Å²) in [6.07, 6.45) is 8.04. The van der Waals surface area contributed by atoms with Gasteiger partial charge >= 0.3 is 0 Å². The first-order valence-corrected chi connectivity index (χ1v) is 9.84. The number of amides is 1. The zero-order valence-electron chi connectivity index (χ0n) is 16.0. The zero-order valence-corrected chi connectivity index (χ0v) is 16.0. The van der Waals surface area contributed by atoms with Crippen molar-refractivity contribution in [2.75, 3.05) is 29.9 Å². The van der Waals surface area contributed by atoms with E-state index in [0.717, 1.165) is 62.7 Å². The van der Waals surface area contributed by atoms with E-state index < -0.39 is 0 Å². The van der Waals surface area contributed by atoms with Gasteiger partial charge in [-0.15, -0.1) is 0 Å². The van der Waals surface area contributed by atoms with E-state index in [0.29, 0.717) is 18.9 Å². The molecule has 3 rings (SSSR count). The van der Waals surface area contributed by atoms with Crippen LogP contribution in [-0.2, 0) is 11.3 Å². The first-order valence-electron chi connectivity index (χ1n) is 9.84. The lowest BCUT2D eigenvalue weighted by atomic mass is 9.93.